The summed E-state index contributed by atoms with van der Waals surface area (Å²) in [6.07, 6.45) is 6.40. The summed E-state index contributed by atoms with van der Waals surface area (Å²) in [7, 11) is 0. The van der Waals surface area contributed by atoms with E-state index >= 15 is 0 Å². The van der Waals surface area contributed by atoms with Gasteiger partial charge in [-0.3, -0.25) is 4.79 Å². The minimum Gasteiger partial charge on any atom is -0.493 e. The smallest absolute Gasteiger partial charge is 0.312 e. The summed E-state index contributed by atoms with van der Waals surface area (Å²) >= 11 is 0. The molecule has 0 saturated carbocycles. The van der Waals surface area contributed by atoms with Crippen molar-refractivity contribution >= 4 is 6.41 Å². The molecular weight excluding hydrogens is 214 g/mol. The number of likely N-dealkylation sites (tertiary alicyclic amines) is 1. The van der Waals surface area contributed by atoms with Gasteiger partial charge in [0.05, 0.1) is 12.6 Å². The van der Waals surface area contributed by atoms with E-state index in [4.69, 9.17) is 4.74 Å². The maximum atomic E-state index is 11.0. The Balaban J connectivity index is 1.89. The quantitative estimate of drug-likeness (QED) is 0.779. The van der Waals surface area contributed by atoms with Crippen molar-refractivity contribution < 1.29 is 9.53 Å². The highest BCUT2D eigenvalue weighted by atomic mass is 16.5. The van der Waals surface area contributed by atoms with E-state index in [1.165, 1.54) is 17.5 Å². The Hall–Kier alpha value is -1.51. The minimum absolute atomic E-state index is 0.215. The van der Waals surface area contributed by atoms with Gasteiger partial charge in [0.15, 0.2) is 0 Å². The molecule has 1 saturated heterocycles. The first-order valence-corrected chi connectivity index (χ1v) is 6.28. The first-order chi connectivity index (χ1) is 8.38. The largest absolute Gasteiger partial charge is 0.493 e. The highest BCUT2D eigenvalue weighted by Crippen LogP contribution is 2.34. The molecule has 1 aromatic rings. The molecule has 1 radical (unpaired) electrons. The number of hydrogen-bond donors (Lipinski definition) is 0. The number of amides is 1. The molecule has 0 aromatic heterocycles. The second kappa shape index (κ2) is 4.40. The fourth-order valence-corrected chi connectivity index (χ4v) is 2.80. The van der Waals surface area contributed by atoms with Crippen LogP contribution in [-0.2, 0) is 11.2 Å². The zero-order valence-electron chi connectivity index (χ0n) is 9.82. The molecule has 3 heteroatoms. The molecule has 1 aromatic carbocycles. The van der Waals surface area contributed by atoms with Gasteiger partial charge in [-0.05, 0) is 42.5 Å². The number of nitrogens with zero attached hydrogens (tertiary/aromatic N) is 1. The van der Waals surface area contributed by atoms with Crippen LogP contribution in [0.4, 0.5) is 0 Å². The van der Waals surface area contributed by atoms with E-state index in [-0.39, 0.29) is 6.04 Å². The molecule has 1 amide bonds. The van der Waals surface area contributed by atoms with Crippen LogP contribution in [0.5, 0.6) is 5.75 Å². The van der Waals surface area contributed by atoms with Crippen molar-refractivity contribution in [3.8, 4) is 5.75 Å². The van der Waals surface area contributed by atoms with E-state index in [2.05, 4.69) is 18.5 Å². The van der Waals surface area contributed by atoms with Crippen LogP contribution in [0.3, 0.4) is 0 Å². The monoisotopic (exact) mass is 230 g/mol. The van der Waals surface area contributed by atoms with Crippen molar-refractivity contribution in [2.45, 2.75) is 31.7 Å². The molecule has 0 N–H and O–H groups in total. The number of rotatable bonds is 2. The third kappa shape index (κ3) is 1.90. The molecule has 1 atom stereocenters. The number of fused-ring (bicyclic) bond motifs is 1. The Labute approximate surface area is 101 Å². The van der Waals surface area contributed by atoms with Crippen LogP contribution in [0.2, 0.25) is 0 Å². The summed E-state index contributed by atoms with van der Waals surface area (Å²) in [5.74, 6) is 1.01. The summed E-state index contributed by atoms with van der Waals surface area (Å²) in [6, 6.07) is 6.54. The molecule has 2 aliphatic rings. The molecule has 2 aliphatic heterocycles. The predicted molar refractivity (Wildman–Crippen MR) is 64.6 cm³/mol. The first kappa shape index (κ1) is 10.6. The van der Waals surface area contributed by atoms with Gasteiger partial charge in [0.1, 0.15) is 5.75 Å². The highest BCUT2D eigenvalue weighted by Gasteiger charge is 2.24. The third-order valence-corrected chi connectivity index (χ3v) is 3.72. The highest BCUT2D eigenvalue weighted by molar-refractivity contribution is 5.51. The fourth-order valence-electron chi connectivity index (χ4n) is 2.80. The van der Waals surface area contributed by atoms with Crippen LogP contribution < -0.4 is 4.74 Å². The van der Waals surface area contributed by atoms with Crippen molar-refractivity contribution in [2.24, 2.45) is 0 Å². The molecule has 0 aliphatic carbocycles. The maximum absolute atomic E-state index is 11.0. The average molecular weight is 230 g/mol. The standard InChI is InChI=1S/C14H16NO2/c16-10-15-7-2-1-3-13(15)11-4-5-14-12(9-11)6-8-17-14/h4-5,9,13H,1-3,6-8H2. The molecule has 17 heavy (non-hydrogen) atoms. The molecule has 1 unspecified atom stereocenters. The van der Waals surface area contributed by atoms with Gasteiger partial charge in [0.25, 0.3) is 0 Å². The summed E-state index contributed by atoms with van der Waals surface area (Å²) in [5, 5.41) is 0. The van der Waals surface area contributed by atoms with Gasteiger partial charge in [-0.25, -0.2) is 0 Å². The Bertz CT molecular complexity index is 430. The van der Waals surface area contributed by atoms with Crippen LogP contribution >= 0.6 is 0 Å². The van der Waals surface area contributed by atoms with Crippen molar-refractivity contribution in [3.63, 3.8) is 0 Å². The van der Waals surface area contributed by atoms with Crippen molar-refractivity contribution in [3.05, 3.63) is 29.3 Å². The molecule has 0 bridgehead atoms. The Morgan fingerprint density at radius 2 is 2.29 bits per heavy atom. The summed E-state index contributed by atoms with van der Waals surface area (Å²) in [5.41, 5.74) is 2.51. The second-order valence-corrected chi connectivity index (χ2v) is 4.76. The van der Waals surface area contributed by atoms with Gasteiger partial charge in [-0.15, -0.1) is 0 Å². The number of benzene rings is 1. The van der Waals surface area contributed by atoms with E-state index in [0.717, 1.165) is 38.2 Å². The lowest BCUT2D eigenvalue weighted by atomic mass is 9.94. The molecule has 0 spiro atoms. The van der Waals surface area contributed by atoms with Crippen LogP contribution in [0.1, 0.15) is 36.4 Å². The molecule has 3 nitrogen and oxygen atoms in total. The van der Waals surface area contributed by atoms with Gasteiger partial charge in [0.2, 0.25) is 0 Å². The number of piperidine rings is 1. The van der Waals surface area contributed by atoms with Gasteiger partial charge in [-0.1, -0.05) is 6.07 Å². The van der Waals surface area contributed by atoms with E-state index in [0.29, 0.717) is 0 Å². The van der Waals surface area contributed by atoms with E-state index in [9.17, 15) is 4.79 Å². The van der Waals surface area contributed by atoms with Gasteiger partial charge >= 0.3 is 6.41 Å². The lowest BCUT2D eigenvalue weighted by Gasteiger charge is -2.32. The molecular formula is C14H16NO2. The molecule has 89 valence electrons. The Kier molecular flexibility index (Phi) is 2.75. The zero-order valence-corrected chi connectivity index (χ0v) is 9.82. The number of carbonyl (C=O) groups excluding carboxylic acids is 1. The first-order valence-electron chi connectivity index (χ1n) is 6.28. The van der Waals surface area contributed by atoms with Crippen LogP contribution in [0.25, 0.3) is 0 Å². The topological polar surface area (TPSA) is 29.5 Å². The van der Waals surface area contributed by atoms with Crippen molar-refractivity contribution in [2.75, 3.05) is 13.2 Å². The van der Waals surface area contributed by atoms with Crippen LogP contribution in [0.15, 0.2) is 18.2 Å². The summed E-state index contributed by atoms with van der Waals surface area (Å²) < 4.78 is 5.50. The zero-order chi connectivity index (χ0) is 11.7. The van der Waals surface area contributed by atoms with E-state index in [1.807, 2.05) is 6.07 Å². The normalized spacial score (nSPS) is 23.1. The number of ether oxygens (including phenoxy) is 1. The van der Waals surface area contributed by atoms with Crippen molar-refractivity contribution in [1.29, 1.82) is 0 Å². The van der Waals surface area contributed by atoms with Crippen molar-refractivity contribution in [1.82, 2.24) is 4.90 Å². The van der Waals surface area contributed by atoms with Crippen LogP contribution in [-0.4, -0.2) is 24.5 Å². The van der Waals surface area contributed by atoms with E-state index < -0.39 is 0 Å². The third-order valence-electron chi connectivity index (χ3n) is 3.72. The predicted octanol–water partition coefficient (Wildman–Crippen LogP) is 2.22. The Morgan fingerprint density at radius 1 is 1.35 bits per heavy atom. The second-order valence-electron chi connectivity index (χ2n) is 4.76. The van der Waals surface area contributed by atoms with E-state index in [1.54, 1.807) is 4.90 Å². The average Bonchev–Trinajstić information content (AvgIpc) is 2.85. The summed E-state index contributed by atoms with van der Waals surface area (Å²) in [4.78, 5) is 12.8. The molecule has 1 fully saturated rings. The SMILES string of the molecule is O=[C]N1CCCCC1c1ccc2c(c1)CCO2. The van der Waals surface area contributed by atoms with Gasteiger partial charge < -0.3 is 9.64 Å². The summed E-state index contributed by atoms with van der Waals surface area (Å²) in [6.45, 7) is 1.62. The minimum atomic E-state index is 0.215. The molecule has 2 heterocycles. The maximum Gasteiger partial charge on any atom is 0.312 e. The van der Waals surface area contributed by atoms with Crippen LogP contribution in [0, 0.1) is 0 Å². The fraction of sp³-hybridized carbons (Fsp3) is 0.500. The Morgan fingerprint density at radius 3 is 3.18 bits per heavy atom. The van der Waals surface area contributed by atoms with Gasteiger partial charge in [-0.2, -0.15) is 0 Å². The lowest BCUT2D eigenvalue weighted by molar-refractivity contribution is 0.234. The lowest BCUT2D eigenvalue weighted by Crippen LogP contribution is -2.32. The number of hydrogen-bond acceptors (Lipinski definition) is 2. The molecule has 3 rings (SSSR count). The van der Waals surface area contributed by atoms with Gasteiger partial charge in [0, 0.05) is 13.0 Å².